The number of benzene rings is 2. The van der Waals surface area contributed by atoms with Gasteiger partial charge in [0.2, 0.25) is 0 Å². The molecular formula is C17H17ClN2O. The maximum atomic E-state index is 9.05. The van der Waals surface area contributed by atoms with E-state index in [0.29, 0.717) is 10.6 Å². The Morgan fingerprint density at radius 3 is 2.57 bits per heavy atom. The van der Waals surface area contributed by atoms with E-state index in [1.54, 1.807) is 19.2 Å². The van der Waals surface area contributed by atoms with E-state index in [1.165, 1.54) is 0 Å². The maximum absolute atomic E-state index is 9.05. The van der Waals surface area contributed by atoms with Crippen LogP contribution in [0.1, 0.15) is 24.1 Å². The molecular weight excluding hydrogens is 284 g/mol. The van der Waals surface area contributed by atoms with E-state index in [0.717, 1.165) is 22.4 Å². The summed E-state index contributed by atoms with van der Waals surface area (Å²) in [5.41, 5.74) is 3.43. The second kappa shape index (κ2) is 6.62. The lowest BCUT2D eigenvalue weighted by molar-refractivity contribution is 0.416. The molecule has 0 spiro atoms. The summed E-state index contributed by atoms with van der Waals surface area (Å²) in [6.07, 6.45) is 0. The first kappa shape index (κ1) is 15.4. The zero-order valence-corrected chi connectivity index (χ0v) is 13.0. The fourth-order valence-electron chi connectivity index (χ4n) is 2.20. The van der Waals surface area contributed by atoms with E-state index in [2.05, 4.69) is 18.3 Å². The van der Waals surface area contributed by atoms with Crippen LogP contribution in [0.2, 0.25) is 5.02 Å². The van der Waals surface area contributed by atoms with E-state index in [-0.39, 0.29) is 6.04 Å². The molecule has 108 valence electrons. The third-order valence-corrected chi connectivity index (χ3v) is 3.87. The SMILES string of the molecule is CNC(C)c1ccc(-c2cc(C#N)ccc2OC)cc1Cl. The van der Waals surface area contributed by atoms with Gasteiger partial charge in [-0.05, 0) is 49.4 Å². The van der Waals surface area contributed by atoms with Crippen LogP contribution < -0.4 is 10.1 Å². The topological polar surface area (TPSA) is 45.0 Å². The lowest BCUT2D eigenvalue weighted by Crippen LogP contribution is -2.12. The molecule has 0 aliphatic rings. The van der Waals surface area contributed by atoms with Crippen molar-refractivity contribution in [2.24, 2.45) is 0 Å². The molecule has 0 aromatic heterocycles. The van der Waals surface area contributed by atoms with Gasteiger partial charge in [-0.25, -0.2) is 0 Å². The Bertz CT molecular complexity index is 692. The minimum Gasteiger partial charge on any atom is -0.496 e. The fourth-order valence-corrected chi connectivity index (χ4v) is 2.55. The fraction of sp³-hybridized carbons (Fsp3) is 0.235. The predicted octanol–water partition coefficient (Wildman–Crippen LogP) is 4.17. The zero-order valence-electron chi connectivity index (χ0n) is 12.3. The molecule has 1 unspecified atom stereocenters. The highest BCUT2D eigenvalue weighted by atomic mass is 35.5. The summed E-state index contributed by atoms with van der Waals surface area (Å²) in [5.74, 6) is 0.722. The van der Waals surface area contributed by atoms with Crippen molar-refractivity contribution in [1.82, 2.24) is 5.32 Å². The van der Waals surface area contributed by atoms with Gasteiger partial charge in [-0.15, -0.1) is 0 Å². The Labute approximate surface area is 130 Å². The highest BCUT2D eigenvalue weighted by molar-refractivity contribution is 6.31. The summed E-state index contributed by atoms with van der Waals surface area (Å²) in [6.45, 7) is 2.05. The predicted molar refractivity (Wildman–Crippen MR) is 85.6 cm³/mol. The third kappa shape index (κ3) is 3.18. The van der Waals surface area contributed by atoms with Gasteiger partial charge < -0.3 is 10.1 Å². The van der Waals surface area contributed by atoms with Gasteiger partial charge in [0.15, 0.2) is 0 Å². The van der Waals surface area contributed by atoms with E-state index < -0.39 is 0 Å². The third-order valence-electron chi connectivity index (χ3n) is 3.54. The summed E-state index contributed by atoms with van der Waals surface area (Å²) >= 11 is 6.38. The van der Waals surface area contributed by atoms with Gasteiger partial charge in [0, 0.05) is 16.6 Å². The number of halogens is 1. The van der Waals surface area contributed by atoms with Crippen LogP contribution in [-0.2, 0) is 0 Å². The smallest absolute Gasteiger partial charge is 0.126 e. The van der Waals surface area contributed by atoms with Crippen LogP contribution in [-0.4, -0.2) is 14.2 Å². The van der Waals surface area contributed by atoms with Crippen LogP contribution in [0.5, 0.6) is 5.75 Å². The minimum absolute atomic E-state index is 0.180. The van der Waals surface area contributed by atoms with E-state index >= 15 is 0 Å². The van der Waals surface area contributed by atoms with Crippen molar-refractivity contribution in [3.8, 4) is 22.9 Å². The lowest BCUT2D eigenvalue weighted by atomic mass is 9.99. The number of hydrogen-bond acceptors (Lipinski definition) is 3. The molecule has 0 aliphatic carbocycles. The van der Waals surface area contributed by atoms with E-state index in [1.807, 2.05) is 31.3 Å². The largest absolute Gasteiger partial charge is 0.496 e. The van der Waals surface area contributed by atoms with Gasteiger partial charge in [-0.1, -0.05) is 23.7 Å². The molecule has 4 heteroatoms. The minimum atomic E-state index is 0.180. The first-order valence-corrected chi connectivity index (χ1v) is 7.03. The monoisotopic (exact) mass is 300 g/mol. The molecule has 0 radical (unpaired) electrons. The van der Waals surface area contributed by atoms with Crippen molar-refractivity contribution in [3.05, 3.63) is 52.5 Å². The van der Waals surface area contributed by atoms with E-state index in [9.17, 15) is 0 Å². The number of nitrogens with zero attached hydrogens (tertiary/aromatic N) is 1. The molecule has 0 saturated carbocycles. The maximum Gasteiger partial charge on any atom is 0.126 e. The van der Waals surface area contributed by atoms with Gasteiger partial charge in [-0.2, -0.15) is 5.26 Å². The molecule has 0 saturated heterocycles. The molecule has 0 bridgehead atoms. The molecule has 1 atom stereocenters. The van der Waals surface area contributed by atoms with E-state index in [4.69, 9.17) is 21.6 Å². The Hall–Kier alpha value is -2.02. The average molecular weight is 301 g/mol. The van der Waals surface area contributed by atoms with Gasteiger partial charge in [0.25, 0.3) is 0 Å². The summed E-state index contributed by atoms with van der Waals surface area (Å²) in [5, 5.41) is 12.9. The second-order valence-electron chi connectivity index (χ2n) is 4.77. The van der Waals surface area contributed by atoms with Gasteiger partial charge >= 0.3 is 0 Å². The number of nitrogens with one attached hydrogen (secondary N) is 1. The quantitative estimate of drug-likeness (QED) is 0.922. The van der Waals surface area contributed by atoms with Crippen molar-refractivity contribution < 1.29 is 4.74 Å². The van der Waals surface area contributed by atoms with Crippen molar-refractivity contribution in [2.75, 3.05) is 14.2 Å². The van der Waals surface area contributed by atoms with Crippen LogP contribution in [0.15, 0.2) is 36.4 Å². The number of methoxy groups -OCH3 is 1. The summed E-state index contributed by atoms with van der Waals surface area (Å²) in [6, 6.07) is 13.6. The standard InChI is InChI=1S/C17H17ClN2O/c1-11(20-2)14-6-5-13(9-16(14)18)15-8-12(10-19)4-7-17(15)21-3/h4-9,11,20H,1-3H3. The van der Waals surface area contributed by atoms with Crippen LogP contribution in [0.3, 0.4) is 0 Å². The van der Waals surface area contributed by atoms with Crippen LogP contribution in [0.25, 0.3) is 11.1 Å². The lowest BCUT2D eigenvalue weighted by Gasteiger charge is -2.15. The van der Waals surface area contributed by atoms with Gasteiger partial charge in [-0.3, -0.25) is 0 Å². The van der Waals surface area contributed by atoms with Crippen LogP contribution in [0, 0.1) is 11.3 Å². The van der Waals surface area contributed by atoms with Gasteiger partial charge in [0.05, 0.1) is 18.7 Å². The average Bonchev–Trinajstić information content (AvgIpc) is 2.53. The first-order valence-electron chi connectivity index (χ1n) is 6.66. The molecule has 2 aromatic carbocycles. The van der Waals surface area contributed by atoms with Crippen molar-refractivity contribution in [2.45, 2.75) is 13.0 Å². The Kier molecular flexibility index (Phi) is 4.85. The number of ether oxygens (including phenoxy) is 1. The number of hydrogen-bond donors (Lipinski definition) is 1. The summed E-state index contributed by atoms with van der Waals surface area (Å²) < 4.78 is 5.37. The molecule has 0 fully saturated rings. The van der Waals surface area contributed by atoms with Crippen LogP contribution >= 0.6 is 11.6 Å². The van der Waals surface area contributed by atoms with Crippen molar-refractivity contribution in [3.63, 3.8) is 0 Å². The van der Waals surface area contributed by atoms with Crippen LogP contribution in [0.4, 0.5) is 0 Å². The highest BCUT2D eigenvalue weighted by Gasteiger charge is 2.12. The highest BCUT2D eigenvalue weighted by Crippen LogP contribution is 2.34. The molecule has 2 aromatic rings. The normalized spacial score (nSPS) is 11.8. The molecule has 0 heterocycles. The summed E-state index contributed by atoms with van der Waals surface area (Å²) in [4.78, 5) is 0. The molecule has 21 heavy (non-hydrogen) atoms. The molecule has 3 nitrogen and oxygen atoms in total. The molecule has 1 N–H and O–H groups in total. The first-order chi connectivity index (χ1) is 10.1. The zero-order chi connectivity index (χ0) is 15.4. The molecule has 0 amide bonds. The Morgan fingerprint density at radius 1 is 1.24 bits per heavy atom. The number of nitriles is 1. The summed E-state index contributed by atoms with van der Waals surface area (Å²) in [7, 11) is 3.51. The Morgan fingerprint density at radius 2 is 2.00 bits per heavy atom. The second-order valence-corrected chi connectivity index (χ2v) is 5.18. The van der Waals surface area contributed by atoms with Gasteiger partial charge in [0.1, 0.15) is 5.75 Å². The molecule has 0 aliphatic heterocycles. The number of rotatable bonds is 4. The van der Waals surface area contributed by atoms with Crippen molar-refractivity contribution >= 4 is 11.6 Å². The van der Waals surface area contributed by atoms with Crippen molar-refractivity contribution in [1.29, 1.82) is 5.26 Å². The molecule has 2 rings (SSSR count). The Balaban J connectivity index is 2.52.